The number of methoxy groups -OCH3 is 1. The number of amides is 1. The zero-order valence-corrected chi connectivity index (χ0v) is 23.1. The quantitative estimate of drug-likeness (QED) is 0.565. The number of likely N-dealkylation sites (tertiary alicyclic amines) is 1. The molecule has 0 bridgehead atoms. The number of fused-ring (bicyclic) bond motifs is 1. The minimum absolute atomic E-state index is 0.134. The molecule has 1 amide bonds. The van der Waals surface area contributed by atoms with E-state index in [2.05, 4.69) is 11.8 Å². The lowest BCUT2D eigenvalue weighted by Gasteiger charge is -2.43. The average molecular weight is 530 g/mol. The minimum Gasteiger partial charge on any atom is -0.453 e. The molecule has 2 aliphatic heterocycles. The van der Waals surface area contributed by atoms with E-state index < -0.39 is 16.1 Å². The Kier molecular flexibility index (Phi) is 8.33. The number of sulfonamides is 1. The van der Waals surface area contributed by atoms with Crippen LogP contribution in [0.25, 0.3) is 0 Å². The second-order valence-corrected chi connectivity index (χ2v) is 12.2. The zero-order chi connectivity index (χ0) is 26.7. The van der Waals surface area contributed by atoms with Crippen LogP contribution in [-0.4, -0.2) is 63.8 Å². The molecule has 0 radical (unpaired) electrons. The number of ether oxygens (including phenoxy) is 1. The van der Waals surface area contributed by atoms with Crippen LogP contribution >= 0.6 is 0 Å². The molecule has 1 saturated heterocycles. The molecule has 202 valence electrons. The summed E-state index contributed by atoms with van der Waals surface area (Å²) in [5.41, 5.74) is 3.31. The standard InChI is InChI=1S/C28H39N3O5S/c1-5-21-6-8-23(9-7-21)31(19-20(2)3)37(34,35)24-10-11-26-25(18-24)27(32)14-17-30(26)22-12-15-29(16-13-22)28(33)36-4/h6-11,18,20,22,27,32H,5,12-17,19H2,1-4H3. The third-order valence-corrected chi connectivity index (χ3v) is 9.19. The summed E-state index contributed by atoms with van der Waals surface area (Å²) in [6.45, 7) is 8.34. The number of benzene rings is 2. The topological polar surface area (TPSA) is 90.4 Å². The van der Waals surface area contributed by atoms with Gasteiger partial charge in [-0.15, -0.1) is 0 Å². The Morgan fingerprint density at radius 2 is 1.76 bits per heavy atom. The highest BCUT2D eigenvalue weighted by atomic mass is 32.2. The molecule has 9 heteroatoms. The van der Waals surface area contributed by atoms with E-state index in [1.807, 2.05) is 44.2 Å². The minimum atomic E-state index is -3.84. The molecule has 4 rings (SSSR count). The van der Waals surface area contributed by atoms with Crippen LogP contribution in [0.1, 0.15) is 57.3 Å². The van der Waals surface area contributed by atoms with Gasteiger partial charge in [0.2, 0.25) is 0 Å². The van der Waals surface area contributed by atoms with Gasteiger partial charge in [-0.1, -0.05) is 32.9 Å². The molecular weight excluding hydrogens is 490 g/mol. The van der Waals surface area contributed by atoms with Gasteiger partial charge in [0.1, 0.15) is 0 Å². The molecule has 8 nitrogen and oxygen atoms in total. The van der Waals surface area contributed by atoms with Crippen molar-refractivity contribution in [2.24, 2.45) is 5.92 Å². The van der Waals surface area contributed by atoms with E-state index in [0.29, 0.717) is 43.9 Å². The third-order valence-electron chi connectivity index (χ3n) is 7.40. The maximum absolute atomic E-state index is 13.9. The second-order valence-electron chi connectivity index (χ2n) is 10.4. The van der Waals surface area contributed by atoms with Crippen molar-refractivity contribution in [2.75, 3.05) is 42.5 Å². The number of nitrogens with zero attached hydrogens (tertiary/aromatic N) is 3. The largest absolute Gasteiger partial charge is 0.453 e. The Balaban J connectivity index is 1.63. The number of aryl methyl sites for hydroxylation is 1. The van der Waals surface area contributed by atoms with Gasteiger partial charge in [-0.3, -0.25) is 4.31 Å². The predicted octanol–water partition coefficient (Wildman–Crippen LogP) is 4.57. The Morgan fingerprint density at radius 1 is 1.08 bits per heavy atom. The second kappa shape index (κ2) is 11.3. The van der Waals surface area contributed by atoms with Gasteiger partial charge in [0.05, 0.1) is 23.8 Å². The molecule has 1 fully saturated rings. The van der Waals surface area contributed by atoms with Crippen LogP contribution in [0.15, 0.2) is 47.4 Å². The number of carbonyl (C=O) groups is 1. The summed E-state index contributed by atoms with van der Waals surface area (Å²) in [6, 6.07) is 13.0. The Bertz CT molecular complexity index is 1190. The highest BCUT2D eigenvalue weighted by molar-refractivity contribution is 7.92. The summed E-state index contributed by atoms with van der Waals surface area (Å²) in [5, 5.41) is 10.9. The van der Waals surface area contributed by atoms with Crippen molar-refractivity contribution < 1.29 is 23.1 Å². The van der Waals surface area contributed by atoms with E-state index in [4.69, 9.17) is 4.74 Å². The summed E-state index contributed by atoms with van der Waals surface area (Å²) in [7, 11) is -2.45. The first-order chi connectivity index (χ1) is 17.6. The molecule has 0 aliphatic carbocycles. The summed E-state index contributed by atoms with van der Waals surface area (Å²) < 4.78 is 34.1. The summed E-state index contributed by atoms with van der Waals surface area (Å²) in [6.07, 6.45) is 1.97. The van der Waals surface area contributed by atoms with E-state index in [-0.39, 0.29) is 22.9 Å². The average Bonchev–Trinajstić information content (AvgIpc) is 2.91. The molecule has 2 heterocycles. The fourth-order valence-corrected chi connectivity index (χ4v) is 6.99. The first-order valence-electron chi connectivity index (χ1n) is 13.2. The van der Waals surface area contributed by atoms with Crippen molar-refractivity contribution in [3.05, 3.63) is 53.6 Å². The molecule has 1 unspecified atom stereocenters. The van der Waals surface area contributed by atoms with Gasteiger partial charge < -0.3 is 19.6 Å². The Labute approximate surface area is 220 Å². The van der Waals surface area contributed by atoms with Gasteiger partial charge >= 0.3 is 6.09 Å². The molecule has 2 aromatic carbocycles. The molecule has 37 heavy (non-hydrogen) atoms. The van der Waals surface area contributed by atoms with E-state index in [0.717, 1.165) is 30.5 Å². The molecule has 2 aromatic rings. The van der Waals surface area contributed by atoms with Crippen molar-refractivity contribution in [2.45, 2.75) is 63.5 Å². The molecule has 2 aliphatic rings. The fraction of sp³-hybridized carbons (Fsp3) is 0.536. The maximum Gasteiger partial charge on any atom is 0.409 e. The third kappa shape index (κ3) is 5.72. The Morgan fingerprint density at radius 3 is 2.35 bits per heavy atom. The van der Waals surface area contributed by atoms with Gasteiger partial charge in [0.15, 0.2) is 0 Å². The normalized spacial score (nSPS) is 18.6. The molecular formula is C28H39N3O5S. The van der Waals surface area contributed by atoms with Crippen molar-refractivity contribution in [3.8, 4) is 0 Å². The predicted molar refractivity (Wildman–Crippen MR) is 146 cm³/mol. The summed E-state index contributed by atoms with van der Waals surface area (Å²) in [4.78, 5) is 16.0. The van der Waals surface area contributed by atoms with Crippen molar-refractivity contribution in [1.82, 2.24) is 4.90 Å². The van der Waals surface area contributed by atoms with Gasteiger partial charge in [0, 0.05) is 43.5 Å². The number of piperidine rings is 1. The van der Waals surface area contributed by atoms with Crippen LogP contribution < -0.4 is 9.21 Å². The van der Waals surface area contributed by atoms with Crippen molar-refractivity contribution in [3.63, 3.8) is 0 Å². The molecule has 0 saturated carbocycles. The van der Waals surface area contributed by atoms with Gasteiger partial charge in [-0.25, -0.2) is 13.2 Å². The SMILES string of the molecule is CCc1ccc(N(CC(C)C)S(=O)(=O)c2ccc3c(c2)C(O)CCN3C2CCN(C(=O)OC)CC2)cc1. The van der Waals surface area contributed by atoms with E-state index in [1.165, 1.54) is 11.4 Å². The van der Waals surface area contributed by atoms with E-state index >= 15 is 0 Å². The van der Waals surface area contributed by atoms with Crippen LogP contribution in [0.2, 0.25) is 0 Å². The first-order valence-corrected chi connectivity index (χ1v) is 14.6. The molecule has 0 aromatic heterocycles. The van der Waals surface area contributed by atoms with Crippen LogP contribution in [0.3, 0.4) is 0 Å². The lowest BCUT2D eigenvalue weighted by molar-refractivity contribution is 0.110. The van der Waals surface area contributed by atoms with Crippen molar-refractivity contribution >= 4 is 27.5 Å². The first kappa shape index (κ1) is 27.3. The van der Waals surface area contributed by atoms with E-state index in [1.54, 1.807) is 17.0 Å². The lowest BCUT2D eigenvalue weighted by Crippen LogP contribution is -2.48. The van der Waals surface area contributed by atoms with Crippen LogP contribution in [0.5, 0.6) is 0 Å². The van der Waals surface area contributed by atoms with E-state index in [9.17, 15) is 18.3 Å². The number of aliphatic hydroxyl groups excluding tert-OH is 1. The van der Waals surface area contributed by atoms with Crippen molar-refractivity contribution in [1.29, 1.82) is 0 Å². The van der Waals surface area contributed by atoms with Gasteiger partial charge in [0.25, 0.3) is 10.0 Å². The fourth-order valence-electron chi connectivity index (χ4n) is 5.33. The number of anilines is 2. The van der Waals surface area contributed by atoms with Gasteiger partial charge in [-0.2, -0.15) is 0 Å². The smallest absolute Gasteiger partial charge is 0.409 e. The lowest BCUT2D eigenvalue weighted by atomic mass is 9.94. The molecule has 1 N–H and O–H groups in total. The summed E-state index contributed by atoms with van der Waals surface area (Å²) in [5.74, 6) is 0.134. The van der Waals surface area contributed by atoms with Gasteiger partial charge in [-0.05, 0) is 67.5 Å². The molecule has 1 atom stereocenters. The number of aliphatic hydroxyl groups is 1. The number of carbonyl (C=O) groups excluding carboxylic acids is 1. The summed E-state index contributed by atoms with van der Waals surface area (Å²) >= 11 is 0. The van der Waals surface area contributed by atoms with Crippen LogP contribution in [-0.2, 0) is 21.2 Å². The van der Waals surface area contributed by atoms with Crippen LogP contribution in [0, 0.1) is 5.92 Å². The Hall–Kier alpha value is -2.78. The monoisotopic (exact) mass is 529 g/mol. The molecule has 0 spiro atoms. The highest BCUT2D eigenvalue weighted by Crippen LogP contribution is 2.39. The number of hydrogen-bond donors (Lipinski definition) is 1. The maximum atomic E-state index is 13.9. The number of rotatable bonds is 7. The highest BCUT2D eigenvalue weighted by Gasteiger charge is 2.34. The van der Waals surface area contributed by atoms with Crippen LogP contribution in [0.4, 0.5) is 16.2 Å². The number of hydrogen-bond acceptors (Lipinski definition) is 6. The zero-order valence-electron chi connectivity index (χ0n) is 22.3.